The zero-order valence-corrected chi connectivity index (χ0v) is 35.4. The van der Waals surface area contributed by atoms with Gasteiger partial charge in [0.25, 0.3) is 6.43 Å². The molecule has 2 unspecified atom stereocenters. The van der Waals surface area contributed by atoms with E-state index in [2.05, 4.69) is 42.2 Å². The van der Waals surface area contributed by atoms with Crippen molar-refractivity contribution in [2.75, 3.05) is 38.2 Å². The molecular weight excluding hydrogens is 876 g/mol. The van der Waals surface area contributed by atoms with E-state index in [1.165, 1.54) is 0 Å². The number of carbonyl (C=O) groups excluding carboxylic acids is 2. The van der Waals surface area contributed by atoms with Gasteiger partial charge < -0.3 is 30.7 Å². The van der Waals surface area contributed by atoms with Crippen LogP contribution >= 0.6 is 0 Å². The lowest BCUT2D eigenvalue weighted by Gasteiger charge is -2.41. The number of nitrogens with zero attached hydrogens (tertiary/aromatic N) is 5. The summed E-state index contributed by atoms with van der Waals surface area (Å²) in [6, 6.07) is 9.60. The average Bonchev–Trinajstić information content (AvgIpc) is 3.83. The number of benzene rings is 2. The maximum Gasteiger partial charge on any atom is 0.407 e. The van der Waals surface area contributed by atoms with Crippen molar-refractivity contribution >= 4 is 17.8 Å². The van der Waals surface area contributed by atoms with Gasteiger partial charge in [-0.25, -0.2) is 32.0 Å². The third kappa shape index (κ3) is 11.9. The molecule has 2 aromatic carbocycles. The number of alkyl carbamates (subject to hydrolysis) is 1. The molecule has 2 bridgehead atoms. The summed E-state index contributed by atoms with van der Waals surface area (Å²) in [7, 11) is 0.903. The highest BCUT2D eigenvalue weighted by Gasteiger charge is 2.56. The molecule has 21 heteroatoms. The molecule has 0 radical (unpaired) electrons. The number of anilines is 1. The highest BCUT2D eigenvalue weighted by atomic mass is 19.4. The molecule has 0 spiro atoms. The number of hydrogen-bond acceptors (Lipinski definition) is 9. The van der Waals surface area contributed by atoms with Gasteiger partial charge in [-0.05, 0) is 81.1 Å². The number of piperazine rings is 1. The Morgan fingerprint density at radius 1 is 0.923 bits per heavy atom. The minimum Gasteiger partial charge on any atom is -0.453 e. The van der Waals surface area contributed by atoms with E-state index < -0.39 is 85.0 Å². The Labute approximate surface area is 368 Å². The van der Waals surface area contributed by atoms with Crippen LogP contribution in [0.5, 0.6) is 0 Å². The summed E-state index contributed by atoms with van der Waals surface area (Å²) in [5.74, 6) is 3.33. The molecule has 5 atom stereocenters. The highest BCUT2D eigenvalue weighted by molar-refractivity contribution is 5.87. The Kier molecular flexibility index (Phi) is 15.4. The van der Waals surface area contributed by atoms with Crippen LogP contribution in [0.2, 0.25) is 0 Å². The molecule has 350 valence electrons. The topological polar surface area (TPSA) is 137 Å². The van der Waals surface area contributed by atoms with Gasteiger partial charge in [0.1, 0.15) is 23.5 Å². The zero-order valence-electron chi connectivity index (χ0n) is 35.4. The normalized spacial score (nSPS) is 18.0. The van der Waals surface area contributed by atoms with E-state index in [-0.39, 0.29) is 36.3 Å². The van der Waals surface area contributed by atoms with Gasteiger partial charge >= 0.3 is 18.8 Å². The minimum atomic E-state index is -5.00. The van der Waals surface area contributed by atoms with Gasteiger partial charge in [0.2, 0.25) is 5.91 Å². The molecule has 0 saturated carbocycles. The lowest BCUT2D eigenvalue weighted by molar-refractivity contribution is -0.220. The number of methoxy groups -OCH3 is 1. The number of hydrogen-bond donors (Lipinski definition) is 4. The number of aliphatic hydroxyl groups excluding tert-OH is 1. The Hall–Kier alpha value is -5.85. The second-order valence-corrected chi connectivity index (χ2v) is 16.4. The second-order valence-electron chi connectivity index (χ2n) is 16.4. The Morgan fingerprint density at radius 3 is 2.11 bits per heavy atom. The van der Waals surface area contributed by atoms with Crippen molar-refractivity contribution in [3.8, 4) is 23.1 Å². The molecule has 65 heavy (non-hydrogen) atoms. The number of ether oxygens (including phenoxy) is 1. The smallest absolute Gasteiger partial charge is 0.407 e. The first-order valence-corrected chi connectivity index (χ1v) is 20.5. The van der Waals surface area contributed by atoms with Crippen molar-refractivity contribution in [3.63, 3.8) is 0 Å². The summed E-state index contributed by atoms with van der Waals surface area (Å²) >= 11 is 0. The Balaban J connectivity index is 1.14. The molecule has 0 aliphatic carbocycles. The number of halogens is 9. The average molecular weight is 923 g/mol. The minimum absolute atomic E-state index is 0.0394. The van der Waals surface area contributed by atoms with Crippen LogP contribution < -0.4 is 20.9 Å². The summed E-state index contributed by atoms with van der Waals surface area (Å²) in [5, 5.41) is 22.0. The van der Waals surface area contributed by atoms with Crippen molar-refractivity contribution in [1.82, 2.24) is 35.6 Å². The summed E-state index contributed by atoms with van der Waals surface area (Å²) in [4.78, 5) is 34.3. The number of aromatic nitrogens is 3. The first-order chi connectivity index (χ1) is 30.7. The van der Waals surface area contributed by atoms with Crippen LogP contribution in [0.1, 0.15) is 55.5 Å². The van der Waals surface area contributed by atoms with Crippen LogP contribution in [0.15, 0.2) is 67.0 Å². The molecule has 2 saturated heterocycles. The third-order valence-corrected chi connectivity index (χ3v) is 11.7. The molecule has 2 amide bonds. The fourth-order valence-electron chi connectivity index (χ4n) is 7.88. The molecule has 4 heterocycles. The SMILES string of the molecule is COC(=O)N[C@H](C(=O)N[C@@H](Cc1ccc(C#Cc2ccc(N3CC4CCC(C3)N4CC(F)F)nc2)cc1)[C@@H](O)CNCc1c(F)cc(-c2ccn(C(F)F)n2)cc1F)C(C)(C)C(F)(F)F. The number of rotatable bonds is 16. The number of amides is 2. The largest absolute Gasteiger partial charge is 0.453 e. The number of fused-ring (bicyclic) bond motifs is 2. The second kappa shape index (κ2) is 20.5. The first kappa shape index (κ1) is 48.6. The van der Waals surface area contributed by atoms with Crippen LogP contribution in [0.3, 0.4) is 0 Å². The molecule has 2 aliphatic rings. The van der Waals surface area contributed by atoms with E-state index in [0.717, 1.165) is 50.2 Å². The Bertz CT molecular complexity index is 2300. The van der Waals surface area contributed by atoms with Crippen LogP contribution in [0, 0.1) is 28.9 Å². The van der Waals surface area contributed by atoms with Gasteiger partial charge in [-0.1, -0.05) is 24.0 Å². The number of alkyl halides is 7. The lowest BCUT2D eigenvalue weighted by Crippen LogP contribution is -2.62. The summed E-state index contributed by atoms with van der Waals surface area (Å²) < 4.78 is 130. The number of carbonyl (C=O) groups is 2. The predicted molar refractivity (Wildman–Crippen MR) is 220 cm³/mol. The molecule has 6 rings (SSSR count). The Morgan fingerprint density at radius 2 is 1.55 bits per heavy atom. The van der Waals surface area contributed by atoms with Crippen molar-refractivity contribution < 1.29 is 58.9 Å². The number of aliphatic hydroxyl groups is 1. The third-order valence-electron chi connectivity index (χ3n) is 11.7. The quantitative estimate of drug-likeness (QED) is 0.0741. The molecule has 2 aromatic heterocycles. The number of pyridine rings is 1. The molecular formula is C44H47F9N8O4. The summed E-state index contributed by atoms with van der Waals surface area (Å²) in [6.45, 7) is -1.56. The van der Waals surface area contributed by atoms with Crippen LogP contribution in [-0.2, 0) is 22.5 Å². The van der Waals surface area contributed by atoms with Gasteiger partial charge in [-0.3, -0.25) is 9.69 Å². The maximum atomic E-state index is 15.1. The van der Waals surface area contributed by atoms with E-state index in [4.69, 9.17) is 0 Å². The van der Waals surface area contributed by atoms with E-state index in [9.17, 15) is 45.4 Å². The van der Waals surface area contributed by atoms with Gasteiger partial charge in [0.05, 0.1) is 36.9 Å². The molecule has 4 N–H and O–H groups in total. The summed E-state index contributed by atoms with van der Waals surface area (Å²) in [5.41, 5.74) is -1.90. The molecule has 12 nitrogen and oxygen atoms in total. The first-order valence-electron chi connectivity index (χ1n) is 20.5. The van der Waals surface area contributed by atoms with Crippen molar-refractivity contribution in [1.29, 1.82) is 0 Å². The summed E-state index contributed by atoms with van der Waals surface area (Å²) in [6.07, 6.45) is -6.21. The monoisotopic (exact) mass is 922 g/mol. The van der Waals surface area contributed by atoms with Gasteiger partial charge in [-0.15, -0.1) is 0 Å². The lowest BCUT2D eigenvalue weighted by atomic mass is 9.82. The maximum absolute atomic E-state index is 15.1. The van der Waals surface area contributed by atoms with Crippen molar-refractivity contribution in [2.24, 2.45) is 5.41 Å². The predicted octanol–water partition coefficient (Wildman–Crippen LogP) is 6.43. The number of nitrogens with one attached hydrogen (secondary N) is 3. The van der Waals surface area contributed by atoms with Gasteiger partial charge in [-0.2, -0.15) is 27.1 Å². The van der Waals surface area contributed by atoms with E-state index in [0.29, 0.717) is 48.3 Å². The zero-order chi connectivity index (χ0) is 47.2. The van der Waals surface area contributed by atoms with Crippen LogP contribution in [-0.4, -0.2) is 113 Å². The van der Waals surface area contributed by atoms with Crippen LogP contribution in [0.25, 0.3) is 11.3 Å². The van der Waals surface area contributed by atoms with Gasteiger partial charge in [0.15, 0.2) is 0 Å². The van der Waals surface area contributed by atoms with Crippen LogP contribution in [0.4, 0.5) is 50.1 Å². The highest BCUT2D eigenvalue weighted by Crippen LogP contribution is 2.41. The van der Waals surface area contributed by atoms with Crippen molar-refractivity contribution in [2.45, 2.75) is 89.1 Å². The van der Waals surface area contributed by atoms with E-state index in [1.54, 1.807) is 36.5 Å². The van der Waals surface area contributed by atoms with E-state index in [1.807, 2.05) is 16.3 Å². The van der Waals surface area contributed by atoms with E-state index >= 15 is 8.78 Å². The molecule has 4 aromatic rings. The molecule has 2 aliphatic heterocycles. The molecule has 2 fully saturated rings. The van der Waals surface area contributed by atoms with Gasteiger partial charge in [0, 0.05) is 72.9 Å². The fourth-order valence-corrected chi connectivity index (χ4v) is 7.88. The van der Waals surface area contributed by atoms with Crippen molar-refractivity contribution in [3.05, 3.63) is 101 Å². The fraction of sp³-hybridized carbons (Fsp3) is 0.455. The standard InChI is InChI=1S/C44H47F9N8O4/c1-43(2,44(51,52)53)39(57-42(64)65-3)40(63)56-35(36(62)21-54-20-31-32(45)17-28(18-33(31)46)34-14-15-61(58-34)41(49)50)16-26-7-4-25(5-8-26)6-9-27-10-13-38(55-19-27)59-22-29-11-12-30(23-59)60(29)24-37(47)48/h4-5,7-8,10,13-15,17-19,29-30,35-37,39,41,54,62H,11-12,16,20-24H2,1-3H3,(H,56,63)(H,57,64)/t29?,30?,35-,36-,39+/m0/s1.